The average Bonchev–Trinajstić information content (AvgIpc) is 2.83. The Bertz CT molecular complexity index is 387. The van der Waals surface area contributed by atoms with Gasteiger partial charge >= 0.3 is 5.97 Å². The lowest BCUT2D eigenvalue weighted by Crippen LogP contribution is -2.44. The van der Waals surface area contributed by atoms with Crippen molar-refractivity contribution in [1.82, 2.24) is 4.90 Å². The van der Waals surface area contributed by atoms with Crippen LogP contribution < -0.4 is 0 Å². The van der Waals surface area contributed by atoms with Crippen LogP contribution >= 0.6 is 11.8 Å². The molecule has 1 fully saturated rings. The van der Waals surface area contributed by atoms with E-state index in [4.69, 9.17) is 4.74 Å². The van der Waals surface area contributed by atoms with Gasteiger partial charge in [-0.15, -0.1) is 0 Å². The van der Waals surface area contributed by atoms with Crippen LogP contribution in [0.3, 0.4) is 0 Å². The van der Waals surface area contributed by atoms with Crippen molar-refractivity contribution in [3.8, 4) is 0 Å². The van der Waals surface area contributed by atoms with E-state index in [1.54, 1.807) is 0 Å². The summed E-state index contributed by atoms with van der Waals surface area (Å²) in [6, 6.07) is -0.830. The topological polar surface area (TPSA) is 83.9 Å². The molecule has 1 aliphatic rings. The molecule has 0 radical (unpaired) electrons. The molecule has 3 atom stereocenters. The van der Waals surface area contributed by atoms with Gasteiger partial charge < -0.3 is 14.7 Å². The van der Waals surface area contributed by atoms with E-state index in [1.165, 1.54) is 18.9 Å². The minimum absolute atomic E-state index is 0.0396. The van der Waals surface area contributed by atoms with Crippen LogP contribution in [0.25, 0.3) is 0 Å². The number of methoxy groups -OCH3 is 1. The maximum absolute atomic E-state index is 12.4. The number of ether oxygens (including phenoxy) is 1. The highest BCUT2D eigenvalue weighted by Gasteiger charge is 2.41. The molecule has 114 valence electrons. The average molecular weight is 303 g/mol. The van der Waals surface area contributed by atoms with Gasteiger partial charge in [0.1, 0.15) is 6.04 Å². The van der Waals surface area contributed by atoms with Crippen molar-refractivity contribution in [1.29, 1.82) is 0 Å². The van der Waals surface area contributed by atoms with E-state index in [-0.39, 0.29) is 23.0 Å². The van der Waals surface area contributed by atoms with Crippen molar-refractivity contribution in [3.05, 3.63) is 0 Å². The number of hydrogen-bond acceptors (Lipinski definition) is 5. The Labute approximate surface area is 122 Å². The fourth-order valence-electron chi connectivity index (χ4n) is 2.26. The molecule has 0 aromatic carbocycles. The van der Waals surface area contributed by atoms with Crippen LogP contribution in [0.5, 0.6) is 0 Å². The third kappa shape index (κ3) is 4.21. The lowest BCUT2D eigenvalue weighted by molar-refractivity contribution is -0.149. The van der Waals surface area contributed by atoms with Gasteiger partial charge in [0.05, 0.1) is 6.10 Å². The number of carboxylic acid groups (broad SMARTS) is 1. The summed E-state index contributed by atoms with van der Waals surface area (Å²) in [5, 5.41) is 9.17. The summed E-state index contributed by atoms with van der Waals surface area (Å²) in [5.41, 5.74) is 0. The molecule has 6 nitrogen and oxygen atoms in total. The Morgan fingerprint density at radius 2 is 2.10 bits per heavy atom. The smallest absolute Gasteiger partial charge is 0.326 e. The van der Waals surface area contributed by atoms with Crippen LogP contribution in [0.2, 0.25) is 0 Å². The van der Waals surface area contributed by atoms with Crippen molar-refractivity contribution >= 4 is 28.8 Å². The number of nitrogens with zero attached hydrogens (tertiary/aromatic N) is 1. The number of carboxylic acids is 1. The van der Waals surface area contributed by atoms with Gasteiger partial charge in [0.25, 0.3) is 0 Å². The van der Waals surface area contributed by atoms with Gasteiger partial charge in [0.2, 0.25) is 5.91 Å². The van der Waals surface area contributed by atoms with Crippen molar-refractivity contribution < 1.29 is 24.2 Å². The normalized spacial score (nSPS) is 23.6. The number of rotatable bonds is 6. The third-order valence-corrected chi connectivity index (χ3v) is 4.47. The maximum atomic E-state index is 12.4. The molecule has 0 aromatic heterocycles. The van der Waals surface area contributed by atoms with Gasteiger partial charge in [-0.2, -0.15) is 0 Å². The first-order valence-corrected chi connectivity index (χ1v) is 7.58. The summed E-state index contributed by atoms with van der Waals surface area (Å²) in [4.78, 5) is 36.1. The summed E-state index contributed by atoms with van der Waals surface area (Å²) in [6.07, 6.45) is 0.658. The van der Waals surface area contributed by atoms with Crippen LogP contribution in [-0.4, -0.2) is 58.6 Å². The molecule has 1 N–H and O–H groups in total. The van der Waals surface area contributed by atoms with E-state index in [9.17, 15) is 19.5 Å². The highest BCUT2D eigenvalue weighted by atomic mass is 32.2. The summed E-state index contributed by atoms with van der Waals surface area (Å²) >= 11 is 1.10. The minimum atomic E-state index is -1.01. The molecule has 7 heteroatoms. The fourth-order valence-corrected chi connectivity index (χ4v) is 3.08. The van der Waals surface area contributed by atoms with E-state index < -0.39 is 12.0 Å². The molecule has 1 rings (SSSR count). The van der Waals surface area contributed by atoms with E-state index >= 15 is 0 Å². The quantitative estimate of drug-likeness (QED) is 0.788. The number of carbonyl (C=O) groups excluding carboxylic acids is 2. The summed E-state index contributed by atoms with van der Waals surface area (Å²) in [7, 11) is 1.51. The predicted octanol–water partition coefficient (Wildman–Crippen LogP) is 0.993. The first kappa shape index (κ1) is 17.0. The Hall–Kier alpha value is -1.08. The molecule has 0 saturated carbocycles. The molecule has 0 bridgehead atoms. The highest BCUT2D eigenvalue weighted by molar-refractivity contribution is 8.13. The molecule has 0 spiro atoms. The van der Waals surface area contributed by atoms with Gasteiger partial charge in [0, 0.05) is 38.7 Å². The molecule has 20 heavy (non-hydrogen) atoms. The minimum Gasteiger partial charge on any atom is -0.480 e. The predicted molar refractivity (Wildman–Crippen MR) is 75.5 cm³/mol. The number of amides is 1. The Balaban J connectivity index is 2.76. The molecular formula is C13H21NO5S. The van der Waals surface area contributed by atoms with Gasteiger partial charge in [-0.1, -0.05) is 18.7 Å². The second kappa shape index (κ2) is 7.64. The number of likely N-dealkylation sites (tertiary alicyclic amines) is 1. The van der Waals surface area contributed by atoms with Crippen LogP contribution in [-0.2, 0) is 19.1 Å². The summed E-state index contributed by atoms with van der Waals surface area (Å²) in [5.74, 6) is -1.15. The molecule has 0 aliphatic carbocycles. The Morgan fingerprint density at radius 1 is 1.45 bits per heavy atom. The van der Waals surface area contributed by atoms with Gasteiger partial charge in [-0.05, 0) is 6.42 Å². The largest absolute Gasteiger partial charge is 0.480 e. The number of carbonyl (C=O) groups is 3. The number of hydrogen-bond donors (Lipinski definition) is 1. The summed E-state index contributed by atoms with van der Waals surface area (Å²) < 4.78 is 5.17. The zero-order chi connectivity index (χ0) is 15.3. The zero-order valence-corrected chi connectivity index (χ0v) is 12.8. The van der Waals surface area contributed by atoms with E-state index in [0.29, 0.717) is 25.1 Å². The van der Waals surface area contributed by atoms with Crippen LogP contribution in [0.4, 0.5) is 0 Å². The summed E-state index contributed by atoms with van der Waals surface area (Å²) in [6.45, 7) is 3.62. The van der Waals surface area contributed by atoms with Gasteiger partial charge in [-0.3, -0.25) is 9.59 Å². The van der Waals surface area contributed by atoms with Crippen LogP contribution in [0.15, 0.2) is 0 Å². The lowest BCUT2D eigenvalue weighted by Gasteiger charge is -2.25. The molecule has 1 amide bonds. The zero-order valence-electron chi connectivity index (χ0n) is 12.0. The third-order valence-electron chi connectivity index (χ3n) is 3.49. The number of aliphatic carboxylic acids is 1. The van der Waals surface area contributed by atoms with Gasteiger partial charge in [0.15, 0.2) is 5.12 Å². The molecule has 1 heterocycles. The fraction of sp³-hybridized carbons (Fsp3) is 0.769. The monoisotopic (exact) mass is 303 g/mol. The Morgan fingerprint density at radius 3 is 2.55 bits per heavy atom. The lowest BCUT2D eigenvalue weighted by atomic mass is 10.1. The second-order valence-electron chi connectivity index (χ2n) is 4.85. The van der Waals surface area contributed by atoms with E-state index in [1.807, 2.05) is 6.92 Å². The molecule has 1 saturated heterocycles. The SMILES string of the molecule is CCC(CSC(C)=O)C(=O)N1C[C@@H](OC)C[C@@H]1C(=O)O. The van der Waals surface area contributed by atoms with Crippen molar-refractivity contribution in [3.63, 3.8) is 0 Å². The molecule has 0 aromatic rings. The first-order chi connectivity index (χ1) is 9.40. The Kier molecular flexibility index (Phi) is 6.48. The molecular weight excluding hydrogens is 282 g/mol. The standard InChI is InChI=1S/C13H21NO5S/c1-4-9(7-20-8(2)15)12(16)14-6-10(19-3)5-11(14)13(17)18/h9-11H,4-7H2,1-3H3,(H,17,18)/t9?,10-,11+/m0/s1. The number of thioether (sulfide) groups is 1. The first-order valence-electron chi connectivity index (χ1n) is 6.60. The van der Waals surface area contributed by atoms with E-state index in [2.05, 4.69) is 0 Å². The van der Waals surface area contributed by atoms with Gasteiger partial charge in [-0.25, -0.2) is 4.79 Å². The van der Waals surface area contributed by atoms with E-state index in [0.717, 1.165) is 11.8 Å². The van der Waals surface area contributed by atoms with Crippen molar-refractivity contribution in [2.45, 2.75) is 38.8 Å². The van der Waals surface area contributed by atoms with Crippen LogP contribution in [0.1, 0.15) is 26.7 Å². The molecule has 1 unspecified atom stereocenters. The molecule has 1 aliphatic heterocycles. The maximum Gasteiger partial charge on any atom is 0.326 e. The van der Waals surface area contributed by atoms with Crippen molar-refractivity contribution in [2.75, 3.05) is 19.4 Å². The van der Waals surface area contributed by atoms with Crippen molar-refractivity contribution in [2.24, 2.45) is 5.92 Å². The second-order valence-corrected chi connectivity index (χ2v) is 6.04. The highest BCUT2D eigenvalue weighted by Crippen LogP contribution is 2.25. The van der Waals surface area contributed by atoms with Crippen LogP contribution in [0, 0.1) is 5.92 Å².